The van der Waals surface area contributed by atoms with Gasteiger partial charge in [-0.3, -0.25) is 14.9 Å². The van der Waals surface area contributed by atoms with E-state index in [1.165, 1.54) is 18.2 Å². The highest BCUT2D eigenvalue weighted by molar-refractivity contribution is 6.01. The maximum Gasteiger partial charge on any atom is 0.329 e. The topological polar surface area (TPSA) is 110 Å². The molecule has 0 spiro atoms. The van der Waals surface area contributed by atoms with Crippen LogP contribution in [-0.2, 0) is 4.79 Å². The third-order valence-corrected chi connectivity index (χ3v) is 3.56. The van der Waals surface area contributed by atoms with Gasteiger partial charge in [0, 0.05) is 6.07 Å². The van der Waals surface area contributed by atoms with Gasteiger partial charge in [0.2, 0.25) is 0 Å². The second-order valence-corrected chi connectivity index (χ2v) is 4.83. The van der Waals surface area contributed by atoms with E-state index in [1.807, 2.05) is 0 Å². The first-order valence-electron chi connectivity index (χ1n) is 6.58. The van der Waals surface area contributed by atoms with Gasteiger partial charge >= 0.3 is 5.97 Å². The van der Waals surface area contributed by atoms with Gasteiger partial charge in [-0.25, -0.2) is 4.79 Å². The van der Waals surface area contributed by atoms with Crippen molar-refractivity contribution in [3.8, 4) is 0 Å². The Balaban J connectivity index is 3.23. The molecule has 21 heavy (non-hydrogen) atoms. The van der Waals surface area contributed by atoms with Crippen LogP contribution in [0.4, 0.5) is 5.69 Å². The predicted octanol–water partition coefficient (Wildman–Crippen LogP) is 2.28. The van der Waals surface area contributed by atoms with Gasteiger partial charge in [-0.1, -0.05) is 19.9 Å². The summed E-state index contributed by atoms with van der Waals surface area (Å²) < 4.78 is 0. The number of carboxylic acid groups (broad SMARTS) is 1. The molecule has 0 saturated carbocycles. The van der Waals surface area contributed by atoms with E-state index in [0.29, 0.717) is 5.56 Å². The number of carbonyl (C=O) groups is 2. The lowest BCUT2D eigenvalue weighted by Gasteiger charge is -2.28. The van der Waals surface area contributed by atoms with Crippen molar-refractivity contribution in [3.05, 3.63) is 39.4 Å². The number of carbonyl (C=O) groups excluding carboxylic acids is 1. The molecular formula is C14H18N2O5. The molecule has 1 aromatic rings. The van der Waals surface area contributed by atoms with Crippen molar-refractivity contribution in [2.45, 2.75) is 39.2 Å². The van der Waals surface area contributed by atoms with Gasteiger partial charge in [0.15, 0.2) is 0 Å². The van der Waals surface area contributed by atoms with Gasteiger partial charge in [0.25, 0.3) is 11.6 Å². The second-order valence-electron chi connectivity index (χ2n) is 4.83. The Labute approximate surface area is 122 Å². The SMILES string of the molecule is CCC(CC)(NC(=O)c1cc(C)ccc1[N+](=O)[O-])C(=O)O. The number of nitro groups is 1. The smallest absolute Gasteiger partial charge is 0.329 e. The summed E-state index contributed by atoms with van der Waals surface area (Å²) in [4.78, 5) is 34.0. The Morgan fingerprint density at radius 2 is 1.90 bits per heavy atom. The van der Waals surface area contributed by atoms with E-state index >= 15 is 0 Å². The molecule has 0 unspecified atom stereocenters. The van der Waals surface area contributed by atoms with Crippen LogP contribution in [0.2, 0.25) is 0 Å². The molecule has 0 heterocycles. The van der Waals surface area contributed by atoms with Crippen LogP contribution in [0, 0.1) is 17.0 Å². The third kappa shape index (κ3) is 3.36. The summed E-state index contributed by atoms with van der Waals surface area (Å²) in [6.45, 7) is 4.98. The van der Waals surface area contributed by atoms with Gasteiger partial charge in [0.05, 0.1) is 4.92 Å². The number of benzene rings is 1. The van der Waals surface area contributed by atoms with Crippen LogP contribution < -0.4 is 5.32 Å². The largest absolute Gasteiger partial charge is 0.480 e. The van der Waals surface area contributed by atoms with Crippen LogP contribution in [0.3, 0.4) is 0 Å². The molecule has 7 nitrogen and oxygen atoms in total. The fourth-order valence-electron chi connectivity index (χ4n) is 2.06. The summed E-state index contributed by atoms with van der Waals surface area (Å²) >= 11 is 0. The quantitative estimate of drug-likeness (QED) is 0.617. The van der Waals surface area contributed by atoms with Gasteiger partial charge in [-0.15, -0.1) is 0 Å². The number of amides is 1. The summed E-state index contributed by atoms with van der Waals surface area (Å²) in [5.74, 6) is -1.91. The van der Waals surface area contributed by atoms with Crippen LogP contribution >= 0.6 is 0 Å². The predicted molar refractivity (Wildman–Crippen MR) is 76.2 cm³/mol. The van der Waals surface area contributed by atoms with Crippen molar-refractivity contribution in [2.24, 2.45) is 0 Å². The first-order chi connectivity index (χ1) is 9.77. The molecular weight excluding hydrogens is 276 g/mol. The average molecular weight is 294 g/mol. The molecule has 1 rings (SSSR count). The Kier molecular flexibility index (Phi) is 5.02. The molecule has 114 valence electrons. The molecule has 0 aliphatic heterocycles. The zero-order valence-electron chi connectivity index (χ0n) is 12.2. The van der Waals surface area contributed by atoms with E-state index in [0.717, 1.165) is 0 Å². The zero-order valence-corrected chi connectivity index (χ0v) is 12.2. The Morgan fingerprint density at radius 3 is 2.33 bits per heavy atom. The minimum atomic E-state index is -1.42. The highest BCUT2D eigenvalue weighted by atomic mass is 16.6. The minimum Gasteiger partial charge on any atom is -0.480 e. The molecule has 0 aliphatic rings. The molecule has 0 bridgehead atoms. The van der Waals surface area contributed by atoms with Crippen molar-refractivity contribution >= 4 is 17.6 Å². The van der Waals surface area contributed by atoms with Crippen LogP contribution in [0.5, 0.6) is 0 Å². The van der Waals surface area contributed by atoms with Crippen LogP contribution in [0.25, 0.3) is 0 Å². The number of hydrogen-bond donors (Lipinski definition) is 2. The van der Waals surface area contributed by atoms with Crippen LogP contribution in [0.1, 0.15) is 42.6 Å². The van der Waals surface area contributed by atoms with Gasteiger partial charge in [-0.05, 0) is 31.4 Å². The van der Waals surface area contributed by atoms with Crippen molar-refractivity contribution in [2.75, 3.05) is 0 Å². The van der Waals surface area contributed by atoms with E-state index in [1.54, 1.807) is 20.8 Å². The van der Waals surface area contributed by atoms with Gasteiger partial charge < -0.3 is 10.4 Å². The molecule has 1 amide bonds. The summed E-state index contributed by atoms with van der Waals surface area (Å²) in [6, 6.07) is 4.15. The van der Waals surface area contributed by atoms with Crippen molar-refractivity contribution in [3.63, 3.8) is 0 Å². The number of aliphatic carboxylic acids is 1. The maximum atomic E-state index is 12.3. The van der Waals surface area contributed by atoms with Gasteiger partial charge in [0.1, 0.15) is 11.1 Å². The highest BCUT2D eigenvalue weighted by Crippen LogP contribution is 2.22. The first-order valence-corrected chi connectivity index (χ1v) is 6.58. The number of carboxylic acids is 1. The third-order valence-electron chi connectivity index (χ3n) is 3.56. The minimum absolute atomic E-state index is 0.132. The number of nitro benzene ring substituents is 1. The van der Waals surface area contributed by atoms with Crippen molar-refractivity contribution < 1.29 is 19.6 Å². The van der Waals surface area contributed by atoms with Crippen LogP contribution in [0.15, 0.2) is 18.2 Å². The van der Waals surface area contributed by atoms with E-state index in [9.17, 15) is 24.8 Å². The summed E-state index contributed by atoms with van der Waals surface area (Å²) in [7, 11) is 0. The van der Waals surface area contributed by atoms with Crippen molar-refractivity contribution in [1.82, 2.24) is 5.32 Å². The summed E-state index contributed by atoms with van der Waals surface area (Å²) in [5.41, 5.74) is -1.22. The Hall–Kier alpha value is -2.44. The Bertz CT molecular complexity index is 579. The van der Waals surface area contributed by atoms with E-state index < -0.39 is 22.3 Å². The standard InChI is InChI=1S/C14H18N2O5/c1-4-14(5-2,13(18)19)15-12(17)10-8-9(3)6-7-11(10)16(20)21/h6-8H,4-5H2,1-3H3,(H,15,17)(H,18,19). The number of nitrogens with zero attached hydrogens (tertiary/aromatic N) is 1. The highest BCUT2D eigenvalue weighted by Gasteiger charge is 2.37. The molecule has 0 aromatic heterocycles. The zero-order chi connectivity index (χ0) is 16.2. The molecule has 0 aliphatic carbocycles. The van der Waals surface area contributed by atoms with E-state index in [-0.39, 0.29) is 24.1 Å². The number of rotatable bonds is 6. The lowest BCUT2D eigenvalue weighted by Crippen LogP contribution is -2.53. The first kappa shape index (κ1) is 16.6. The molecule has 0 fully saturated rings. The van der Waals surface area contributed by atoms with Crippen molar-refractivity contribution in [1.29, 1.82) is 0 Å². The summed E-state index contributed by atoms with van der Waals surface area (Å²) in [5, 5.41) is 22.7. The summed E-state index contributed by atoms with van der Waals surface area (Å²) in [6.07, 6.45) is 0.369. The lowest BCUT2D eigenvalue weighted by atomic mass is 9.92. The molecule has 0 radical (unpaired) electrons. The lowest BCUT2D eigenvalue weighted by molar-refractivity contribution is -0.385. The Morgan fingerprint density at radius 1 is 1.33 bits per heavy atom. The molecule has 0 saturated heterocycles. The maximum absolute atomic E-state index is 12.3. The monoisotopic (exact) mass is 294 g/mol. The van der Waals surface area contributed by atoms with E-state index in [4.69, 9.17) is 0 Å². The number of hydrogen-bond acceptors (Lipinski definition) is 4. The number of aryl methyl sites for hydroxylation is 1. The number of nitrogens with one attached hydrogen (secondary N) is 1. The second kappa shape index (κ2) is 6.34. The molecule has 7 heteroatoms. The normalized spacial score (nSPS) is 11.0. The molecule has 0 atom stereocenters. The van der Waals surface area contributed by atoms with Crippen LogP contribution in [-0.4, -0.2) is 27.4 Å². The fourth-order valence-corrected chi connectivity index (χ4v) is 2.06. The van der Waals surface area contributed by atoms with E-state index in [2.05, 4.69) is 5.32 Å². The average Bonchev–Trinajstić information content (AvgIpc) is 2.43. The molecule has 2 N–H and O–H groups in total. The molecule has 1 aromatic carbocycles. The fraction of sp³-hybridized carbons (Fsp3) is 0.429. The van der Waals surface area contributed by atoms with Gasteiger partial charge in [-0.2, -0.15) is 0 Å².